The smallest absolute Gasteiger partial charge is 0.193 e. The van der Waals surface area contributed by atoms with Gasteiger partial charge in [0, 0.05) is 11.5 Å². The average molecular weight is 330 g/mol. The van der Waals surface area contributed by atoms with Crippen LogP contribution in [0.4, 0.5) is 0 Å². The van der Waals surface area contributed by atoms with Crippen LogP contribution in [-0.4, -0.2) is 60.1 Å². The van der Waals surface area contributed by atoms with E-state index in [9.17, 15) is 0 Å². The molecule has 0 spiro atoms. The van der Waals surface area contributed by atoms with Crippen molar-refractivity contribution in [3.05, 3.63) is 24.3 Å². The quantitative estimate of drug-likeness (QED) is 0.709. The fraction of sp³-hybridized carbons (Fsp3) is 0.438. The van der Waals surface area contributed by atoms with Crippen molar-refractivity contribution in [2.24, 2.45) is 0 Å². The van der Waals surface area contributed by atoms with Crippen molar-refractivity contribution < 1.29 is 19.1 Å². The molecule has 24 heavy (non-hydrogen) atoms. The number of quaternary nitrogens is 1. The van der Waals surface area contributed by atoms with Crippen LogP contribution in [0.25, 0.3) is 16.6 Å². The van der Waals surface area contributed by atoms with E-state index >= 15 is 0 Å². The second-order valence-corrected chi connectivity index (χ2v) is 5.82. The van der Waals surface area contributed by atoms with Crippen molar-refractivity contribution in [3.63, 3.8) is 0 Å². The predicted molar refractivity (Wildman–Crippen MR) is 86.6 cm³/mol. The molecular weight excluding hydrogens is 310 g/mol. The third-order valence-electron chi connectivity index (χ3n) is 4.43. The summed E-state index contributed by atoms with van der Waals surface area (Å²) in [4.78, 5) is 5.98. The normalized spacial score (nSPS) is 15.9. The highest BCUT2D eigenvalue weighted by Gasteiger charge is 2.19. The van der Waals surface area contributed by atoms with Gasteiger partial charge in [-0.3, -0.25) is 4.40 Å². The van der Waals surface area contributed by atoms with Gasteiger partial charge in [-0.2, -0.15) is 0 Å². The summed E-state index contributed by atoms with van der Waals surface area (Å²) in [5.41, 5.74) is 1.58. The fourth-order valence-electron chi connectivity index (χ4n) is 3.08. The van der Waals surface area contributed by atoms with E-state index in [-0.39, 0.29) is 0 Å². The summed E-state index contributed by atoms with van der Waals surface area (Å²) >= 11 is 0. The molecule has 0 aliphatic carbocycles. The maximum absolute atomic E-state index is 5.41. The first-order valence-electron chi connectivity index (χ1n) is 7.96. The number of nitrogens with zero attached hydrogens (tertiary/aromatic N) is 4. The van der Waals surface area contributed by atoms with Crippen molar-refractivity contribution in [1.29, 1.82) is 0 Å². The van der Waals surface area contributed by atoms with Gasteiger partial charge in [0.1, 0.15) is 26.0 Å². The standard InChI is InChI=1S/C16H19N5O3/c1-22-13-7-11-12(8-14(13)23-2)17-10-21-15(18-19-16(11)21)9-20-3-5-24-6-4-20/h7-8,10H,3-6,9H2,1-2H3/p+1. The Labute approximate surface area is 139 Å². The van der Waals surface area contributed by atoms with E-state index in [1.165, 1.54) is 4.90 Å². The third-order valence-corrected chi connectivity index (χ3v) is 4.43. The Kier molecular flexibility index (Phi) is 3.91. The SMILES string of the molecule is COc1cc2ncn3c(C[NH+]4CCOCC4)nnc3c2cc1OC. The Bertz CT molecular complexity index is 873. The molecule has 1 N–H and O–H groups in total. The number of methoxy groups -OCH3 is 2. The molecule has 3 aromatic rings. The Morgan fingerprint density at radius 1 is 1.12 bits per heavy atom. The summed E-state index contributed by atoms with van der Waals surface area (Å²) in [7, 11) is 3.23. The summed E-state index contributed by atoms with van der Waals surface area (Å²) in [6.45, 7) is 4.38. The molecular formula is C16H20N5O3+. The number of aromatic nitrogens is 4. The van der Waals surface area contributed by atoms with Gasteiger partial charge in [0.15, 0.2) is 23.0 Å². The minimum absolute atomic E-state index is 0.652. The number of benzene rings is 1. The minimum atomic E-state index is 0.652. The molecule has 0 atom stereocenters. The lowest BCUT2D eigenvalue weighted by Gasteiger charge is -2.22. The molecule has 0 bridgehead atoms. The van der Waals surface area contributed by atoms with E-state index < -0.39 is 0 Å². The largest absolute Gasteiger partial charge is 0.493 e. The second-order valence-electron chi connectivity index (χ2n) is 5.82. The Balaban J connectivity index is 1.78. The second kappa shape index (κ2) is 6.21. The van der Waals surface area contributed by atoms with Gasteiger partial charge in [-0.25, -0.2) is 4.98 Å². The molecule has 1 aromatic carbocycles. The first kappa shape index (κ1) is 15.1. The number of morpholine rings is 1. The summed E-state index contributed by atoms with van der Waals surface area (Å²) in [6.07, 6.45) is 1.78. The van der Waals surface area contributed by atoms with Crippen LogP contribution in [0.2, 0.25) is 0 Å². The topological polar surface area (TPSA) is 75.2 Å². The van der Waals surface area contributed by atoms with Crippen LogP contribution in [0.1, 0.15) is 5.82 Å². The zero-order valence-electron chi connectivity index (χ0n) is 13.8. The van der Waals surface area contributed by atoms with Crippen LogP contribution in [0, 0.1) is 0 Å². The van der Waals surface area contributed by atoms with E-state index in [0.717, 1.165) is 55.2 Å². The van der Waals surface area contributed by atoms with E-state index in [2.05, 4.69) is 15.2 Å². The van der Waals surface area contributed by atoms with Crippen LogP contribution >= 0.6 is 0 Å². The molecule has 126 valence electrons. The molecule has 2 aromatic heterocycles. The molecule has 0 amide bonds. The molecule has 1 fully saturated rings. The predicted octanol–water partition coefficient (Wildman–Crippen LogP) is -0.290. The highest BCUT2D eigenvalue weighted by Crippen LogP contribution is 2.32. The highest BCUT2D eigenvalue weighted by molar-refractivity contribution is 5.93. The molecule has 8 heteroatoms. The molecule has 0 unspecified atom stereocenters. The first-order chi connectivity index (χ1) is 11.8. The molecule has 1 aliphatic rings. The maximum Gasteiger partial charge on any atom is 0.193 e. The van der Waals surface area contributed by atoms with Crippen molar-refractivity contribution in [2.75, 3.05) is 40.5 Å². The molecule has 3 heterocycles. The third kappa shape index (κ3) is 2.53. The van der Waals surface area contributed by atoms with Crippen LogP contribution < -0.4 is 14.4 Å². The van der Waals surface area contributed by atoms with Gasteiger partial charge in [-0.1, -0.05) is 0 Å². The van der Waals surface area contributed by atoms with Gasteiger partial charge >= 0.3 is 0 Å². The Morgan fingerprint density at radius 3 is 2.62 bits per heavy atom. The highest BCUT2D eigenvalue weighted by atomic mass is 16.5. The summed E-state index contributed by atoms with van der Waals surface area (Å²) in [6, 6.07) is 3.76. The van der Waals surface area contributed by atoms with Gasteiger partial charge in [-0.15, -0.1) is 10.2 Å². The van der Waals surface area contributed by atoms with Crippen molar-refractivity contribution in [1.82, 2.24) is 19.6 Å². The lowest BCUT2D eigenvalue weighted by atomic mass is 10.2. The zero-order valence-corrected chi connectivity index (χ0v) is 13.8. The van der Waals surface area contributed by atoms with E-state index in [0.29, 0.717) is 11.5 Å². The zero-order chi connectivity index (χ0) is 16.5. The van der Waals surface area contributed by atoms with Crippen LogP contribution in [-0.2, 0) is 11.3 Å². The number of nitrogens with one attached hydrogen (secondary N) is 1. The van der Waals surface area contributed by atoms with E-state index in [4.69, 9.17) is 14.2 Å². The van der Waals surface area contributed by atoms with Crippen molar-refractivity contribution in [2.45, 2.75) is 6.54 Å². The number of hydrogen-bond donors (Lipinski definition) is 1. The number of fused-ring (bicyclic) bond motifs is 3. The fourth-order valence-corrected chi connectivity index (χ4v) is 3.08. The van der Waals surface area contributed by atoms with Gasteiger partial charge in [0.25, 0.3) is 0 Å². The molecule has 0 radical (unpaired) electrons. The minimum Gasteiger partial charge on any atom is -0.493 e. The molecule has 8 nitrogen and oxygen atoms in total. The van der Waals surface area contributed by atoms with Gasteiger partial charge < -0.3 is 19.1 Å². The van der Waals surface area contributed by atoms with Crippen molar-refractivity contribution in [3.8, 4) is 11.5 Å². The molecule has 1 aliphatic heterocycles. The van der Waals surface area contributed by atoms with Crippen LogP contribution in [0.15, 0.2) is 18.5 Å². The molecule has 0 saturated carbocycles. The average Bonchev–Trinajstić information content (AvgIpc) is 3.04. The Hall–Kier alpha value is -2.45. The Morgan fingerprint density at radius 2 is 1.88 bits per heavy atom. The summed E-state index contributed by atoms with van der Waals surface area (Å²) < 4.78 is 18.1. The van der Waals surface area contributed by atoms with Gasteiger partial charge in [0.2, 0.25) is 0 Å². The van der Waals surface area contributed by atoms with Gasteiger partial charge in [0.05, 0.1) is 33.0 Å². The lowest BCUT2D eigenvalue weighted by molar-refractivity contribution is -0.922. The maximum atomic E-state index is 5.41. The summed E-state index contributed by atoms with van der Waals surface area (Å²) in [5, 5.41) is 9.65. The van der Waals surface area contributed by atoms with Crippen molar-refractivity contribution >= 4 is 16.6 Å². The van der Waals surface area contributed by atoms with Crippen LogP contribution in [0.5, 0.6) is 11.5 Å². The number of ether oxygens (including phenoxy) is 3. The molecule has 1 saturated heterocycles. The van der Waals surface area contributed by atoms with E-state index in [1.54, 1.807) is 20.5 Å². The monoisotopic (exact) mass is 330 g/mol. The lowest BCUT2D eigenvalue weighted by Crippen LogP contribution is -3.12. The number of hydrogen-bond acceptors (Lipinski definition) is 6. The number of rotatable bonds is 4. The summed E-state index contributed by atoms with van der Waals surface area (Å²) in [5.74, 6) is 2.22. The van der Waals surface area contributed by atoms with E-state index in [1.807, 2.05) is 16.5 Å². The molecule has 4 rings (SSSR count). The first-order valence-corrected chi connectivity index (χ1v) is 7.96. The van der Waals surface area contributed by atoms with Gasteiger partial charge in [-0.05, 0) is 6.07 Å². The van der Waals surface area contributed by atoms with Crippen LogP contribution in [0.3, 0.4) is 0 Å².